The Hall–Kier alpha value is -1.40. The molecule has 5 nitrogen and oxygen atoms in total. The maximum atomic E-state index is 12.0. The van der Waals surface area contributed by atoms with Crippen molar-refractivity contribution in [3.05, 3.63) is 29.8 Å². The van der Waals surface area contributed by atoms with Gasteiger partial charge in [-0.1, -0.05) is 18.9 Å². The van der Waals surface area contributed by atoms with Gasteiger partial charge in [0.2, 0.25) is 10.0 Å². The van der Waals surface area contributed by atoms with Crippen LogP contribution in [0.15, 0.2) is 29.2 Å². The van der Waals surface area contributed by atoms with Crippen LogP contribution in [0, 0.1) is 0 Å². The largest absolute Gasteiger partial charge is 0.459 e. The van der Waals surface area contributed by atoms with Crippen molar-refractivity contribution in [2.45, 2.75) is 49.5 Å². The lowest BCUT2D eigenvalue weighted by atomic mass is 10.1. The van der Waals surface area contributed by atoms with Crippen LogP contribution in [-0.4, -0.2) is 20.5 Å². The van der Waals surface area contributed by atoms with Crippen LogP contribution >= 0.6 is 0 Å². The molecular formula is C14H19NO4S. The Balaban J connectivity index is 2.09. The average molecular weight is 297 g/mol. The van der Waals surface area contributed by atoms with Crippen molar-refractivity contribution in [3.8, 4) is 0 Å². The van der Waals surface area contributed by atoms with E-state index in [1.165, 1.54) is 37.1 Å². The fourth-order valence-corrected chi connectivity index (χ4v) is 2.94. The molecule has 0 aromatic heterocycles. The molecule has 1 fully saturated rings. The summed E-state index contributed by atoms with van der Waals surface area (Å²) < 4.78 is 28.0. The van der Waals surface area contributed by atoms with Gasteiger partial charge in [-0.2, -0.15) is 0 Å². The number of carbonyl (C=O) groups is 1. The zero-order valence-electron chi connectivity index (χ0n) is 11.2. The summed E-state index contributed by atoms with van der Waals surface area (Å²) in [4.78, 5) is 12.0. The predicted octanol–water partition coefficient (Wildman–Crippen LogP) is 2.21. The Morgan fingerprint density at radius 1 is 1.15 bits per heavy atom. The third kappa shape index (κ3) is 4.05. The number of sulfonamides is 1. The van der Waals surface area contributed by atoms with Gasteiger partial charge >= 0.3 is 5.97 Å². The second kappa shape index (κ2) is 6.37. The quantitative estimate of drug-likeness (QED) is 0.684. The number of carbonyl (C=O) groups excluding carboxylic acids is 1. The van der Waals surface area contributed by atoms with E-state index < -0.39 is 16.0 Å². The lowest BCUT2D eigenvalue weighted by molar-refractivity contribution is 0.0267. The van der Waals surface area contributed by atoms with E-state index in [-0.39, 0.29) is 16.6 Å². The van der Waals surface area contributed by atoms with Crippen LogP contribution in [0.2, 0.25) is 0 Å². The minimum atomic E-state index is -3.81. The summed E-state index contributed by atoms with van der Waals surface area (Å²) in [5, 5.41) is 5.05. The van der Waals surface area contributed by atoms with Crippen molar-refractivity contribution >= 4 is 16.0 Å². The van der Waals surface area contributed by atoms with Crippen LogP contribution in [0.4, 0.5) is 0 Å². The maximum absolute atomic E-state index is 12.0. The lowest BCUT2D eigenvalue weighted by Crippen LogP contribution is -2.18. The fraction of sp³-hybridized carbons (Fsp3) is 0.500. The van der Waals surface area contributed by atoms with Crippen molar-refractivity contribution in [3.63, 3.8) is 0 Å². The van der Waals surface area contributed by atoms with E-state index in [0.29, 0.717) is 0 Å². The number of benzene rings is 1. The second-order valence-corrected chi connectivity index (χ2v) is 6.65. The van der Waals surface area contributed by atoms with Crippen molar-refractivity contribution in [1.29, 1.82) is 0 Å². The van der Waals surface area contributed by atoms with Crippen LogP contribution in [0.3, 0.4) is 0 Å². The van der Waals surface area contributed by atoms with Gasteiger partial charge in [-0.25, -0.2) is 18.4 Å². The van der Waals surface area contributed by atoms with E-state index >= 15 is 0 Å². The standard InChI is InChI=1S/C14H19NO4S/c15-20(17,18)13-9-5-6-11(10-13)14(16)19-12-7-3-1-2-4-8-12/h5-6,9-10,12H,1-4,7-8H2,(H2,15,17,18). The van der Waals surface area contributed by atoms with Gasteiger partial charge in [0.1, 0.15) is 6.10 Å². The molecule has 0 spiro atoms. The summed E-state index contributed by atoms with van der Waals surface area (Å²) in [6, 6.07) is 5.64. The second-order valence-electron chi connectivity index (χ2n) is 5.09. The van der Waals surface area contributed by atoms with E-state index in [0.717, 1.165) is 25.7 Å². The summed E-state index contributed by atoms with van der Waals surface area (Å²) in [5.74, 6) is -0.484. The van der Waals surface area contributed by atoms with E-state index in [2.05, 4.69) is 0 Å². The van der Waals surface area contributed by atoms with Crippen molar-refractivity contribution < 1.29 is 17.9 Å². The molecule has 1 aliphatic rings. The van der Waals surface area contributed by atoms with Gasteiger partial charge in [-0.05, 0) is 43.9 Å². The number of hydrogen-bond donors (Lipinski definition) is 1. The smallest absolute Gasteiger partial charge is 0.338 e. The first-order valence-electron chi connectivity index (χ1n) is 6.80. The minimum absolute atomic E-state index is 0.0665. The van der Waals surface area contributed by atoms with Crippen molar-refractivity contribution in [2.75, 3.05) is 0 Å². The average Bonchev–Trinajstić information content (AvgIpc) is 2.66. The first-order chi connectivity index (χ1) is 9.47. The van der Waals surface area contributed by atoms with Gasteiger partial charge in [0, 0.05) is 0 Å². The predicted molar refractivity (Wildman–Crippen MR) is 74.7 cm³/mol. The molecule has 0 heterocycles. The van der Waals surface area contributed by atoms with Gasteiger partial charge < -0.3 is 4.74 Å². The van der Waals surface area contributed by atoms with Crippen LogP contribution < -0.4 is 5.14 Å². The SMILES string of the molecule is NS(=O)(=O)c1cccc(C(=O)OC2CCCCCC2)c1. The van der Waals surface area contributed by atoms with Gasteiger partial charge in [-0.3, -0.25) is 0 Å². The highest BCUT2D eigenvalue weighted by Gasteiger charge is 2.19. The fourth-order valence-electron chi connectivity index (χ4n) is 2.38. The number of rotatable bonds is 3. The molecule has 0 saturated heterocycles. The Bertz CT molecular complexity index is 575. The molecule has 0 bridgehead atoms. The molecule has 0 radical (unpaired) electrons. The minimum Gasteiger partial charge on any atom is -0.459 e. The molecular weight excluding hydrogens is 278 g/mol. The molecule has 2 N–H and O–H groups in total. The number of esters is 1. The van der Waals surface area contributed by atoms with E-state index in [9.17, 15) is 13.2 Å². The van der Waals surface area contributed by atoms with Crippen molar-refractivity contribution in [1.82, 2.24) is 0 Å². The van der Waals surface area contributed by atoms with E-state index in [4.69, 9.17) is 9.88 Å². The highest BCUT2D eigenvalue weighted by molar-refractivity contribution is 7.89. The van der Waals surface area contributed by atoms with E-state index in [1.54, 1.807) is 0 Å². The highest BCUT2D eigenvalue weighted by atomic mass is 32.2. The zero-order valence-corrected chi connectivity index (χ0v) is 12.1. The number of hydrogen-bond acceptors (Lipinski definition) is 4. The van der Waals surface area contributed by atoms with Gasteiger partial charge in [-0.15, -0.1) is 0 Å². The number of primary sulfonamides is 1. The Morgan fingerprint density at radius 3 is 2.40 bits per heavy atom. The third-order valence-corrected chi connectivity index (χ3v) is 4.39. The maximum Gasteiger partial charge on any atom is 0.338 e. The Labute approximate surface area is 119 Å². The molecule has 1 aliphatic carbocycles. The lowest BCUT2D eigenvalue weighted by Gasteiger charge is -2.15. The van der Waals surface area contributed by atoms with Crippen LogP contribution in [-0.2, 0) is 14.8 Å². The third-order valence-electron chi connectivity index (χ3n) is 3.47. The van der Waals surface area contributed by atoms with Crippen molar-refractivity contribution in [2.24, 2.45) is 5.14 Å². The molecule has 1 aromatic carbocycles. The molecule has 2 rings (SSSR count). The molecule has 1 saturated carbocycles. The number of ether oxygens (including phenoxy) is 1. The van der Waals surface area contributed by atoms with Crippen LogP contribution in [0.25, 0.3) is 0 Å². The molecule has 110 valence electrons. The molecule has 0 aliphatic heterocycles. The summed E-state index contributed by atoms with van der Waals surface area (Å²) in [6.45, 7) is 0. The molecule has 0 atom stereocenters. The van der Waals surface area contributed by atoms with Gasteiger partial charge in [0.25, 0.3) is 0 Å². The van der Waals surface area contributed by atoms with Gasteiger partial charge in [0.15, 0.2) is 0 Å². The van der Waals surface area contributed by atoms with Crippen LogP contribution in [0.5, 0.6) is 0 Å². The first-order valence-corrected chi connectivity index (χ1v) is 8.35. The molecule has 20 heavy (non-hydrogen) atoms. The summed E-state index contributed by atoms with van der Waals surface area (Å²) in [5.41, 5.74) is 0.223. The molecule has 6 heteroatoms. The monoisotopic (exact) mass is 297 g/mol. The first kappa shape index (κ1) is 15.0. The summed E-state index contributed by atoms with van der Waals surface area (Å²) >= 11 is 0. The Kier molecular flexibility index (Phi) is 4.77. The molecule has 1 aromatic rings. The van der Waals surface area contributed by atoms with Gasteiger partial charge in [0.05, 0.1) is 10.5 Å². The molecule has 0 amide bonds. The zero-order chi connectivity index (χ0) is 14.6. The topological polar surface area (TPSA) is 86.5 Å². The molecule has 0 unspecified atom stereocenters. The summed E-state index contributed by atoms with van der Waals surface area (Å²) in [6.07, 6.45) is 6.17. The number of nitrogens with two attached hydrogens (primary N) is 1. The normalized spacial score (nSPS) is 17.4. The van der Waals surface area contributed by atoms with E-state index in [1.807, 2.05) is 0 Å². The Morgan fingerprint density at radius 2 is 1.80 bits per heavy atom. The summed E-state index contributed by atoms with van der Waals surface area (Å²) in [7, 11) is -3.81. The highest BCUT2D eigenvalue weighted by Crippen LogP contribution is 2.21. The van der Waals surface area contributed by atoms with Crippen LogP contribution in [0.1, 0.15) is 48.9 Å².